The van der Waals surface area contributed by atoms with E-state index in [0.29, 0.717) is 0 Å². The maximum atomic E-state index is 6.52. The second kappa shape index (κ2) is 10.2. The fourth-order valence-electron chi connectivity index (χ4n) is 3.51. The van der Waals surface area contributed by atoms with Gasteiger partial charge in [0.1, 0.15) is 0 Å². The first-order valence-corrected chi connectivity index (χ1v) is 14.6. The minimum atomic E-state index is -2.15. The Morgan fingerprint density at radius 2 is 1.41 bits per heavy atom. The first-order valence-electron chi connectivity index (χ1n) is 9.08. The molecule has 126 valence electrons. The standard InChI is InChI=1S/C19H35GeNO/c1-5-8-14-20(15-9-6-2,16-10-7-3)17-12-11-13-18(22-4)19(17)21/h11-13H,5-10,14-16,21H2,1-4H3. The summed E-state index contributed by atoms with van der Waals surface area (Å²) in [5.41, 5.74) is 7.46. The molecule has 0 fully saturated rings. The van der Waals surface area contributed by atoms with E-state index >= 15 is 0 Å². The van der Waals surface area contributed by atoms with Gasteiger partial charge in [-0.3, -0.25) is 0 Å². The number of ether oxygens (including phenoxy) is 1. The van der Waals surface area contributed by atoms with Crippen molar-refractivity contribution < 1.29 is 4.74 Å². The third-order valence-electron chi connectivity index (χ3n) is 4.88. The predicted octanol–water partition coefficient (Wildman–Crippen LogP) is 5.33. The molecule has 0 atom stereocenters. The minimum absolute atomic E-state index is 0.872. The van der Waals surface area contributed by atoms with Gasteiger partial charge in [-0.15, -0.1) is 0 Å². The van der Waals surface area contributed by atoms with Gasteiger partial charge in [-0.2, -0.15) is 0 Å². The molecule has 22 heavy (non-hydrogen) atoms. The van der Waals surface area contributed by atoms with Crippen molar-refractivity contribution >= 4 is 23.3 Å². The zero-order chi connectivity index (χ0) is 16.4. The van der Waals surface area contributed by atoms with E-state index in [4.69, 9.17) is 10.5 Å². The Labute approximate surface area is 140 Å². The van der Waals surface area contributed by atoms with Crippen LogP contribution in [-0.4, -0.2) is 20.4 Å². The van der Waals surface area contributed by atoms with E-state index in [-0.39, 0.29) is 0 Å². The summed E-state index contributed by atoms with van der Waals surface area (Å²) >= 11 is -2.15. The molecular formula is C19H35GeNO. The molecule has 0 radical (unpaired) electrons. The molecule has 0 saturated heterocycles. The SMILES string of the molecule is CCC[CH2][Ge]([CH2]CCC)([CH2]CCC)[c]1cccc(OC)c1N. The fourth-order valence-corrected chi connectivity index (χ4v) is 15.7. The molecule has 1 aromatic rings. The Morgan fingerprint density at radius 1 is 0.909 bits per heavy atom. The van der Waals surface area contributed by atoms with Gasteiger partial charge >= 0.3 is 140 Å². The van der Waals surface area contributed by atoms with Gasteiger partial charge in [-0.25, -0.2) is 0 Å². The number of methoxy groups -OCH3 is 1. The summed E-state index contributed by atoms with van der Waals surface area (Å²) in [6.45, 7) is 6.92. The fraction of sp³-hybridized carbons (Fsp3) is 0.684. The zero-order valence-corrected chi connectivity index (χ0v) is 17.2. The molecule has 0 amide bonds. The molecule has 0 saturated carbocycles. The summed E-state index contributed by atoms with van der Waals surface area (Å²) in [7, 11) is 1.73. The van der Waals surface area contributed by atoms with Gasteiger partial charge in [0, 0.05) is 0 Å². The van der Waals surface area contributed by atoms with Crippen LogP contribution < -0.4 is 14.9 Å². The number of hydrogen-bond donors (Lipinski definition) is 1. The number of nitrogens with two attached hydrogens (primary N) is 1. The Bertz CT molecular complexity index is 412. The van der Waals surface area contributed by atoms with Crippen LogP contribution in [0.25, 0.3) is 0 Å². The van der Waals surface area contributed by atoms with E-state index in [1.54, 1.807) is 7.11 Å². The molecule has 0 spiro atoms. The number of para-hydroxylation sites is 1. The molecule has 3 heteroatoms. The number of anilines is 1. The van der Waals surface area contributed by atoms with Crippen LogP contribution in [0.4, 0.5) is 5.69 Å². The van der Waals surface area contributed by atoms with Crippen LogP contribution in [0.2, 0.25) is 15.8 Å². The third-order valence-corrected chi connectivity index (χ3v) is 16.4. The monoisotopic (exact) mass is 367 g/mol. The summed E-state index contributed by atoms with van der Waals surface area (Å²) in [5, 5.41) is 4.27. The van der Waals surface area contributed by atoms with Crippen molar-refractivity contribution in [3.63, 3.8) is 0 Å². The predicted molar refractivity (Wildman–Crippen MR) is 102 cm³/mol. The third kappa shape index (κ3) is 4.94. The molecule has 0 heterocycles. The van der Waals surface area contributed by atoms with Gasteiger partial charge in [0.2, 0.25) is 0 Å². The normalized spacial score (nSPS) is 11.6. The molecule has 0 aliphatic carbocycles. The Balaban J connectivity index is 3.24. The molecule has 2 N–H and O–H groups in total. The number of nitrogen functional groups attached to an aromatic ring is 1. The van der Waals surface area contributed by atoms with Gasteiger partial charge in [-0.1, -0.05) is 0 Å². The van der Waals surface area contributed by atoms with Crippen LogP contribution >= 0.6 is 0 Å². The van der Waals surface area contributed by atoms with Crippen LogP contribution in [0, 0.1) is 0 Å². The zero-order valence-electron chi connectivity index (χ0n) is 15.1. The Morgan fingerprint density at radius 3 is 1.82 bits per heavy atom. The summed E-state index contributed by atoms with van der Waals surface area (Å²) < 4.78 is 7.01. The van der Waals surface area contributed by atoms with E-state index in [1.807, 2.05) is 6.07 Å². The van der Waals surface area contributed by atoms with Gasteiger partial charge in [-0.05, 0) is 0 Å². The van der Waals surface area contributed by atoms with Crippen LogP contribution in [0.1, 0.15) is 59.3 Å². The topological polar surface area (TPSA) is 35.2 Å². The molecule has 0 unspecified atom stereocenters. The first-order chi connectivity index (χ1) is 10.6. The van der Waals surface area contributed by atoms with Crippen LogP contribution in [-0.2, 0) is 0 Å². The molecule has 2 nitrogen and oxygen atoms in total. The average molecular weight is 366 g/mol. The van der Waals surface area contributed by atoms with Crippen molar-refractivity contribution in [2.45, 2.75) is 75.1 Å². The number of rotatable bonds is 11. The van der Waals surface area contributed by atoms with Crippen LogP contribution in [0.15, 0.2) is 18.2 Å². The molecular weight excluding hydrogens is 331 g/mol. The first kappa shape index (κ1) is 19.4. The molecule has 1 rings (SSSR count). The van der Waals surface area contributed by atoms with Crippen LogP contribution in [0.3, 0.4) is 0 Å². The average Bonchev–Trinajstić information content (AvgIpc) is 2.55. The second-order valence-electron chi connectivity index (χ2n) is 6.51. The van der Waals surface area contributed by atoms with Crippen molar-refractivity contribution in [1.29, 1.82) is 0 Å². The summed E-state index contributed by atoms with van der Waals surface area (Å²) in [6.07, 6.45) is 7.91. The van der Waals surface area contributed by atoms with Gasteiger partial charge in [0.25, 0.3) is 0 Å². The quantitative estimate of drug-likeness (QED) is 0.424. The van der Waals surface area contributed by atoms with Crippen molar-refractivity contribution in [3.05, 3.63) is 18.2 Å². The van der Waals surface area contributed by atoms with Crippen molar-refractivity contribution in [3.8, 4) is 5.75 Å². The Hall–Kier alpha value is -0.637. The van der Waals surface area contributed by atoms with E-state index in [2.05, 4.69) is 32.9 Å². The van der Waals surface area contributed by atoms with E-state index in [9.17, 15) is 0 Å². The second-order valence-corrected chi connectivity index (χ2v) is 16.2. The summed E-state index contributed by atoms with van der Waals surface area (Å²) in [6, 6.07) is 6.47. The van der Waals surface area contributed by atoms with Gasteiger partial charge in [0.05, 0.1) is 0 Å². The molecule has 1 aromatic carbocycles. The number of unbranched alkanes of at least 4 members (excludes halogenated alkanes) is 3. The van der Waals surface area contributed by atoms with E-state index < -0.39 is 13.3 Å². The Kier molecular flexibility index (Phi) is 9.00. The number of benzene rings is 1. The van der Waals surface area contributed by atoms with E-state index in [1.165, 1.54) is 58.7 Å². The van der Waals surface area contributed by atoms with Crippen molar-refractivity contribution in [1.82, 2.24) is 0 Å². The van der Waals surface area contributed by atoms with Gasteiger partial charge < -0.3 is 0 Å². The molecule has 0 bridgehead atoms. The number of hydrogen-bond acceptors (Lipinski definition) is 2. The molecule has 0 aliphatic heterocycles. The summed E-state index contributed by atoms with van der Waals surface area (Å²) in [5.74, 6) is 0.872. The van der Waals surface area contributed by atoms with Crippen LogP contribution in [0.5, 0.6) is 5.75 Å². The maximum absolute atomic E-state index is 6.52. The van der Waals surface area contributed by atoms with Crippen molar-refractivity contribution in [2.24, 2.45) is 0 Å². The van der Waals surface area contributed by atoms with Crippen molar-refractivity contribution in [2.75, 3.05) is 12.8 Å². The molecule has 0 aliphatic rings. The van der Waals surface area contributed by atoms with E-state index in [0.717, 1.165) is 11.4 Å². The van der Waals surface area contributed by atoms with Gasteiger partial charge in [0.15, 0.2) is 0 Å². The molecule has 0 aromatic heterocycles. The summed E-state index contributed by atoms with van der Waals surface area (Å²) in [4.78, 5) is 0.